The van der Waals surface area contributed by atoms with Crippen molar-refractivity contribution in [2.75, 3.05) is 7.11 Å². The van der Waals surface area contributed by atoms with E-state index in [-0.39, 0.29) is 11.6 Å². The molecule has 0 fully saturated rings. The second kappa shape index (κ2) is 5.23. The molecule has 0 heterocycles. The van der Waals surface area contributed by atoms with Crippen molar-refractivity contribution in [2.45, 2.75) is 46.6 Å². The van der Waals surface area contributed by atoms with Crippen LogP contribution in [-0.2, 0) is 4.74 Å². The normalized spacial score (nSPS) is 17.4. The lowest BCUT2D eigenvalue weighted by Gasteiger charge is -2.39. The van der Waals surface area contributed by atoms with Gasteiger partial charge < -0.3 is 10.1 Å². The molecule has 0 aromatic heterocycles. The van der Waals surface area contributed by atoms with Crippen molar-refractivity contribution in [3.05, 3.63) is 0 Å². The summed E-state index contributed by atoms with van der Waals surface area (Å²) in [5.41, 5.74) is -0.193. The van der Waals surface area contributed by atoms with Crippen LogP contribution in [0.3, 0.4) is 0 Å². The second-order valence-corrected chi connectivity index (χ2v) is 4.36. The van der Waals surface area contributed by atoms with Crippen LogP contribution in [0.15, 0.2) is 0 Å². The first-order chi connectivity index (χ1) is 6.38. The molecule has 1 amide bonds. The molecule has 0 aromatic rings. The first-order valence-corrected chi connectivity index (χ1v) is 5.24. The second-order valence-electron chi connectivity index (χ2n) is 4.36. The molecule has 0 radical (unpaired) electrons. The molecule has 3 heteroatoms. The van der Waals surface area contributed by atoms with E-state index >= 15 is 0 Å². The first-order valence-electron chi connectivity index (χ1n) is 5.24. The van der Waals surface area contributed by atoms with Gasteiger partial charge in [-0.15, -0.1) is 0 Å². The lowest BCUT2D eigenvalue weighted by molar-refractivity contribution is 0.124. The number of methoxy groups -OCH3 is 1. The molecule has 0 aliphatic rings. The molecule has 84 valence electrons. The average Bonchev–Trinajstić information content (AvgIpc) is 2.15. The number of rotatable bonds is 4. The summed E-state index contributed by atoms with van der Waals surface area (Å²) in [5, 5.41) is 2.93. The minimum Gasteiger partial charge on any atom is -0.453 e. The molecule has 1 N–H and O–H groups in total. The summed E-state index contributed by atoms with van der Waals surface area (Å²) >= 11 is 0. The minimum absolute atomic E-state index is 0.193. The Labute approximate surface area is 87.2 Å². The van der Waals surface area contributed by atoms with E-state index in [1.54, 1.807) is 0 Å². The molecule has 0 saturated carbocycles. The van der Waals surface area contributed by atoms with Crippen LogP contribution in [0, 0.1) is 11.8 Å². The Balaban J connectivity index is 4.63. The standard InChI is InChI=1S/C11H23NO2/c1-7-9(4)11(5,8(2)3)12-10(13)14-6/h8-9H,7H2,1-6H3,(H,12,13). The minimum atomic E-state index is -0.346. The summed E-state index contributed by atoms with van der Waals surface area (Å²) in [6.45, 7) is 10.6. The van der Waals surface area contributed by atoms with Crippen LogP contribution >= 0.6 is 0 Å². The van der Waals surface area contributed by atoms with Crippen molar-refractivity contribution in [1.82, 2.24) is 5.32 Å². The van der Waals surface area contributed by atoms with Crippen molar-refractivity contribution in [3.8, 4) is 0 Å². The van der Waals surface area contributed by atoms with Gasteiger partial charge in [0.15, 0.2) is 0 Å². The Morgan fingerprint density at radius 1 is 1.43 bits per heavy atom. The van der Waals surface area contributed by atoms with Crippen LogP contribution in [0.2, 0.25) is 0 Å². The molecule has 0 rings (SSSR count). The summed E-state index contributed by atoms with van der Waals surface area (Å²) in [6.07, 6.45) is 0.695. The number of nitrogens with one attached hydrogen (secondary N) is 1. The van der Waals surface area contributed by atoms with Gasteiger partial charge in [0.2, 0.25) is 0 Å². The quantitative estimate of drug-likeness (QED) is 0.759. The lowest BCUT2D eigenvalue weighted by Crippen LogP contribution is -2.54. The predicted molar refractivity (Wildman–Crippen MR) is 58.2 cm³/mol. The van der Waals surface area contributed by atoms with Crippen molar-refractivity contribution in [3.63, 3.8) is 0 Å². The van der Waals surface area contributed by atoms with Gasteiger partial charge in [-0.1, -0.05) is 34.1 Å². The highest BCUT2D eigenvalue weighted by Gasteiger charge is 2.35. The van der Waals surface area contributed by atoms with Crippen molar-refractivity contribution >= 4 is 6.09 Å². The number of hydrogen-bond acceptors (Lipinski definition) is 2. The molecule has 0 saturated heterocycles. The summed E-state index contributed by atoms with van der Waals surface area (Å²) in [7, 11) is 1.40. The maximum Gasteiger partial charge on any atom is 0.407 e. The zero-order chi connectivity index (χ0) is 11.4. The third-order valence-electron chi connectivity index (χ3n) is 3.39. The largest absolute Gasteiger partial charge is 0.453 e. The van der Waals surface area contributed by atoms with E-state index in [9.17, 15) is 4.79 Å². The van der Waals surface area contributed by atoms with Crippen molar-refractivity contribution in [2.24, 2.45) is 11.8 Å². The first kappa shape index (κ1) is 13.3. The van der Waals surface area contributed by atoms with Gasteiger partial charge in [-0.3, -0.25) is 0 Å². The fraction of sp³-hybridized carbons (Fsp3) is 0.909. The monoisotopic (exact) mass is 201 g/mol. The number of carbonyl (C=O) groups excluding carboxylic acids is 1. The summed E-state index contributed by atoms with van der Waals surface area (Å²) in [6, 6.07) is 0. The smallest absolute Gasteiger partial charge is 0.407 e. The fourth-order valence-electron chi connectivity index (χ4n) is 1.53. The SMILES string of the molecule is CCC(C)C(C)(NC(=O)OC)C(C)C. The van der Waals surface area contributed by atoms with E-state index in [1.165, 1.54) is 7.11 Å². The highest BCUT2D eigenvalue weighted by molar-refractivity contribution is 5.68. The number of carbonyl (C=O) groups is 1. The molecule has 2 unspecified atom stereocenters. The van der Waals surface area contributed by atoms with Gasteiger partial charge in [0.25, 0.3) is 0 Å². The van der Waals surface area contributed by atoms with Crippen LogP contribution in [0.25, 0.3) is 0 Å². The molecule has 14 heavy (non-hydrogen) atoms. The molecule has 0 aromatic carbocycles. The van der Waals surface area contributed by atoms with Gasteiger partial charge in [-0.05, 0) is 18.8 Å². The molecule has 0 spiro atoms. The van der Waals surface area contributed by atoms with Crippen molar-refractivity contribution in [1.29, 1.82) is 0 Å². The Kier molecular flexibility index (Phi) is 4.95. The van der Waals surface area contributed by atoms with Gasteiger partial charge in [0.1, 0.15) is 0 Å². The third kappa shape index (κ3) is 2.89. The zero-order valence-corrected chi connectivity index (χ0v) is 10.2. The molecule has 3 nitrogen and oxygen atoms in total. The molecule has 0 aliphatic heterocycles. The van der Waals surface area contributed by atoms with E-state index in [0.29, 0.717) is 11.8 Å². The topological polar surface area (TPSA) is 38.3 Å². The average molecular weight is 201 g/mol. The van der Waals surface area contributed by atoms with Gasteiger partial charge >= 0.3 is 6.09 Å². The van der Waals surface area contributed by atoms with Crippen LogP contribution in [0.5, 0.6) is 0 Å². The number of ether oxygens (including phenoxy) is 1. The Bertz CT molecular complexity index is 192. The van der Waals surface area contributed by atoms with Gasteiger partial charge in [-0.2, -0.15) is 0 Å². The van der Waals surface area contributed by atoms with Crippen LogP contribution in [0.1, 0.15) is 41.0 Å². The van der Waals surface area contributed by atoms with Crippen LogP contribution < -0.4 is 5.32 Å². The van der Waals surface area contributed by atoms with E-state index in [0.717, 1.165) is 6.42 Å². The zero-order valence-electron chi connectivity index (χ0n) is 10.2. The van der Waals surface area contributed by atoms with E-state index in [4.69, 9.17) is 0 Å². The molecular weight excluding hydrogens is 178 g/mol. The van der Waals surface area contributed by atoms with Crippen LogP contribution in [0.4, 0.5) is 4.79 Å². The number of hydrogen-bond donors (Lipinski definition) is 1. The molecule has 2 atom stereocenters. The number of alkyl carbamates (subject to hydrolysis) is 1. The van der Waals surface area contributed by atoms with E-state index < -0.39 is 0 Å². The van der Waals surface area contributed by atoms with Crippen LogP contribution in [-0.4, -0.2) is 18.7 Å². The maximum atomic E-state index is 11.2. The summed E-state index contributed by atoms with van der Waals surface area (Å²) < 4.78 is 4.64. The van der Waals surface area contributed by atoms with Gasteiger partial charge in [0, 0.05) is 5.54 Å². The van der Waals surface area contributed by atoms with E-state index in [1.807, 2.05) is 0 Å². The molecule has 0 aliphatic carbocycles. The Morgan fingerprint density at radius 3 is 2.21 bits per heavy atom. The molecular formula is C11H23NO2. The maximum absolute atomic E-state index is 11.2. The number of amides is 1. The van der Waals surface area contributed by atoms with Crippen molar-refractivity contribution < 1.29 is 9.53 Å². The predicted octanol–water partition coefficient (Wildman–Crippen LogP) is 2.80. The highest BCUT2D eigenvalue weighted by atomic mass is 16.5. The highest BCUT2D eigenvalue weighted by Crippen LogP contribution is 2.28. The summed E-state index contributed by atoms with van der Waals surface area (Å²) in [5.74, 6) is 0.818. The van der Waals surface area contributed by atoms with Gasteiger partial charge in [0.05, 0.1) is 7.11 Å². The Hall–Kier alpha value is -0.730. The fourth-order valence-corrected chi connectivity index (χ4v) is 1.53. The third-order valence-corrected chi connectivity index (χ3v) is 3.39. The molecule has 0 bridgehead atoms. The summed E-state index contributed by atoms with van der Waals surface area (Å²) in [4.78, 5) is 11.2. The lowest BCUT2D eigenvalue weighted by atomic mass is 9.76. The van der Waals surface area contributed by atoms with Gasteiger partial charge in [-0.25, -0.2) is 4.79 Å². The van der Waals surface area contributed by atoms with E-state index in [2.05, 4.69) is 44.7 Å². The Morgan fingerprint density at radius 2 is 1.93 bits per heavy atom.